The number of thiophene rings is 1. The van der Waals surface area contributed by atoms with Gasteiger partial charge in [-0.05, 0) is 38.1 Å². The van der Waals surface area contributed by atoms with Crippen molar-refractivity contribution >= 4 is 17.2 Å². The smallest absolute Gasteiger partial charge is 0.237 e. The molecule has 2 rings (SSSR count). The molecule has 1 fully saturated rings. The Labute approximate surface area is 143 Å². The normalized spacial score (nSPS) is 17.6. The fraction of sp³-hybridized carbons (Fsp3) is 0.611. The van der Waals surface area contributed by atoms with E-state index in [2.05, 4.69) is 29.0 Å². The molecule has 128 valence electrons. The van der Waals surface area contributed by atoms with Gasteiger partial charge < -0.3 is 9.64 Å². The molecule has 1 aromatic heterocycles. The molecule has 1 unspecified atom stereocenters. The third-order valence-corrected chi connectivity index (χ3v) is 4.86. The molecule has 0 spiro atoms. The first-order valence-electron chi connectivity index (χ1n) is 8.37. The quantitative estimate of drug-likeness (QED) is 0.650. The molecule has 1 aliphatic rings. The van der Waals surface area contributed by atoms with E-state index >= 15 is 0 Å². The van der Waals surface area contributed by atoms with Crippen molar-refractivity contribution in [1.29, 1.82) is 0 Å². The monoisotopic (exact) mass is 336 g/mol. The highest BCUT2D eigenvalue weighted by atomic mass is 32.1. The van der Waals surface area contributed by atoms with Crippen LogP contribution < -0.4 is 0 Å². The number of nitrogens with zero attached hydrogens (tertiary/aromatic N) is 2. The summed E-state index contributed by atoms with van der Waals surface area (Å²) < 4.78 is 5.76. The number of carbonyl (C=O) groups excluding carboxylic acids is 1. The molecule has 1 atom stereocenters. The van der Waals surface area contributed by atoms with Crippen molar-refractivity contribution in [3.05, 3.63) is 34.5 Å². The summed E-state index contributed by atoms with van der Waals surface area (Å²) in [4.78, 5) is 18.0. The van der Waals surface area contributed by atoms with Crippen molar-refractivity contribution in [2.75, 3.05) is 32.8 Å². The molecule has 0 saturated carbocycles. The van der Waals surface area contributed by atoms with E-state index < -0.39 is 0 Å². The highest BCUT2D eigenvalue weighted by Crippen LogP contribution is 2.17. The maximum absolute atomic E-state index is 12.6. The molecule has 5 heteroatoms. The summed E-state index contributed by atoms with van der Waals surface area (Å²) in [5, 5.41) is 2.08. The number of likely N-dealkylation sites (N-methyl/N-ethyl adjacent to an activating group) is 1. The Bertz CT molecular complexity index is 495. The van der Waals surface area contributed by atoms with Gasteiger partial charge in [0.2, 0.25) is 5.91 Å². The first-order valence-corrected chi connectivity index (χ1v) is 9.25. The van der Waals surface area contributed by atoms with Gasteiger partial charge >= 0.3 is 0 Å². The molecule has 1 aliphatic heterocycles. The minimum absolute atomic E-state index is 0.171. The third-order valence-electron chi connectivity index (χ3n) is 4.00. The Hall–Kier alpha value is -1.17. The number of rotatable bonds is 9. The number of hydrogen-bond acceptors (Lipinski definition) is 4. The van der Waals surface area contributed by atoms with E-state index in [0.29, 0.717) is 13.1 Å². The first kappa shape index (κ1) is 18.2. The van der Waals surface area contributed by atoms with E-state index in [1.165, 1.54) is 4.88 Å². The molecule has 1 amide bonds. The molecule has 0 bridgehead atoms. The van der Waals surface area contributed by atoms with Crippen molar-refractivity contribution < 1.29 is 9.53 Å². The number of ether oxygens (including phenoxy) is 1. The van der Waals surface area contributed by atoms with Crippen LogP contribution in [0.1, 0.15) is 31.6 Å². The number of amides is 1. The molecule has 0 aromatic carbocycles. The summed E-state index contributed by atoms with van der Waals surface area (Å²) in [6.07, 6.45) is 2.49. The fourth-order valence-corrected chi connectivity index (χ4v) is 3.62. The van der Waals surface area contributed by atoms with Gasteiger partial charge in [-0.2, -0.15) is 0 Å². The number of hydrogen-bond donors (Lipinski definition) is 0. The zero-order valence-corrected chi connectivity index (χ0v) is 15.1. The topological polar surface area (TPSA) is 32.8 Å². The van der Waals surface area contributed by atoms with E-state index in [0.717, 1.165) is 44.7 Å². The minimum atomic E-state index is 0.171. The van der Waals surface area contributed by atoms with E-state index in [4.69, 9.17) is 4.74 Å². The van der Waals surface area contributed by atoms with Gasteiger partial charge in [-0.15, -0.1) is 11.3 Å². The van der Waals surface area contributed by atoms with Crippen molar-refractivity contribution in [1.82, 2.24) is 9.80 Å². The molecule has 1 saturated heterocycles. The van der Waals surface area contributed by atoms with E-state index in [1.54, 1.807) is 11.3 Å². The lowest BCUT2D eigenvalue weighted by Crippen LogP contribution is -2.43. The van der Waals surface area contributed by atoms with Crippen molar-refractivity contribution in [2.45, 2.75) is 39.3 Å². The van der Waals surface area contributed by atoms with Crippen molar-refractivity contribution in [3.8, 4) is 0 Å². The van der Waals surface area contributed by atoms with Crippen molar-refractivity contribution in [2.24, 2.45) is 0 Å². The summed E-state index contributed by atoms with van der Waals surface area (Å²) in [6, 6.07) is 4.19. The Morgan fingerprint density at radius 1 is 1.48 bits per heavy atom. The van der Waals surface area contributed by atoms with E-state index in [-0.39, 0.29) is 12.0 Å². The maximum atomic E-state index is 12.6. The van der Waals surface area contributed by atoms with Gasteiger partial charge in [0.1, 0.15) is 0 Å². The second kappa shape index (κ2) is 9.21. The molecule has 1 aromatic rings. The van der Waals surface area contributed by atoms with Crippen LogP contribution >= 0.6 is 11.3 Å². The fourth-order valence-electron chi connectivity index (χ4n) is 2.88. The van der Waals surface area contributed by atoms with Crippen LogP contribution in [0, 0.1) is 0 Å². The standard InChI is InChI=1S/C18H28N2O2S/c1-4-20(11-15(2)3)18(21)14-19(12-16-7-5-9-22-16)13-17-8-6-10-23-17/h6,8,10,16H,2,4-5,7,9,11-14H2,1,3H3. The summed E-state index contributed by atoms with van der Waals surface area (Å²) in [5.41, 5.74) is 1.02. The van der Waals surface area contributed by atoms with E-state index in [9.17, 15) is 4.79 Å². The lowest BCUT2D eigenvalue weighted by molar-refractivity contribution is -0.132. The highest BCUT2D eigenvalue weighted by Gasteiger charge is 2.23. The van der Waals surface area contributed by atoms with Crippen molar-refractivity contribution in [3.63, 3.8) is 0 Å². The molecule has 0 radical (unpaired) electrons. The summed E-state index contributed by atoms with van der Waals surface area (Å²) >= 11 is 1.74. The zero-order valence-electron chi connectivity index (χ0n) is 14.3. The predicted octanol–water partition coefficient (Wildman–Crippen LogP) is 3.15. The van der Waals surface area contributed by atoms with Crippen LogP contribution in [0.25, 0.3) is 0 Å². The SMILES string of the molecule is C=C(C)CN(CC)C(=O)CN(Cc1cccs1)CC1CCCO1. The molecular formula is C18H28N2O2S. The second-order valence-electron chi connectivity index (χ2n) is 6.25. The molecular weight excluding hydrogens is 308 g/mol. The maximum Gasteiger partial charge on any atom is 0.237 e. The van der Waals surface area contributed by atoms with Crippen LogP contribution in [-0.2, 0) is 16.1 Å². The summed E-state index contributed by atoms with van der Waals surface area (Å²) in [7, 11) is 0. The Morgan fingerprint density at radius 2 is 2.30 bits per heavy atom. The van der Waals surface area contributed by atoms with Crippen LogP contribution in [-0.4, -0.2) is 54.6 Å². The van der Waals surface area contributed by atoms with Crippen LogP contribution in [0.4, 0.5) is 0 Å². The van der Waals surface area contributed by atoms with Gasteiger partial charge in [0.15, 0.2) is 0 Å². The summed E-state index contributed by atoms with van der Waals surface area (Å²) in [6.45, 7) is 12.2. The van der Waals surface area contributed by atoms with Crippen LogP contribution in [0.2, 0.25) is 0 Å². The Morgan fingerprint density at radius 3 is 2.87 bits per heavy atom. The molecule has 2 heterocycles. The number of carbonyl (C=O) groups is 1. The van der Waals surface area contributed by atoms with Gasteiger partial charge in [-0.25, -0.2) is 0 Å². The average Bonchev–Trinajstić information content (AvgIpc) is 3.18. The Balaban J connectivity index is 1.96. The largest absolute Gasteiger partial charge is 0.377 e. The highest BCUT2D eigenvalue weighted by molar-refractivity contribution is 7.09. The van der Waals surface area contributed by atoms with Gasteiger partial charge in [0.05, 0.1) is 12.6 Å². The second-order valence-corrected chi connectivity index (χ2v) is 7.28. The molecule has 23 heavy (non-hydrogen) atoms. The lowest BCUT2D eigenvalue weighted by atomic mass is 10.2. The van der Waals surface area contributed by atoms with E-state index in [1.807, 2.05) is 18.7 Å². The molecule has 4 nitrogen and oxygen atoms in total. The third kappa shape index (κ3) is 6.09. The summed E-state index contributed by atoms with van der Waals surface area (Å²) in [5.74, 6) is 0.171. The first-order chi connectivity index (χ1) is 11.1. The minimum Gasteiger partial charge on any atom is -0.377 e. The van der Waals surface area contributed by atoms with Crippen LogP contribution in [0.3, 0.4) is 0 Å². The van der Waals surface area contributed by atoms with Gasteiger partial charge in [0.25, 0.3) is 0 Å². The van der Waals surface area contributed by atoms with Gasteiger partial charge in [0, 0.05) is 37.7 Å². The lowest BCUT2D eigenvalue weighted by Gasteiger charge is -2.28. The molecule has 0 N–H and O–H groups in total. The Kier molecular flexibility index (Phi) is 7.27. The van der Waals surface area contributed by atoms with Gasteiger partial charge in [-0.3, -0.25) is 9.69 Å². The average molecular weight is 337 g/mol. The van der Waals surface area contributed by atoms with Crippen LogP contribution in [0.5, 0.6) is 0 Å². The predicted molar refractivity (Wildman–Crippen MR) is 95.6 cm³/mol. The van der Waals surface area contributed by atoms with Crippen LogP contribution in [0.15, 0.2) is 29.7 Å². The van der Waals surface area contributed by atoms with Gasteiger partial charge in [-0.1, -0.05) is 18.2 Å². The molecule has 0 aliphatic carbocycles. The zero-order chi connectivity index (χ0) is 16.7.